The number of hydrogen-bond donors (Lipinski definition) is 0. The molecule has 102 valence electrons. The summed E-state index contributed by atoms with van der Waals surface area (Å²) < 4.78 is 0. The highest BCUT2D eigenvalue weighted by atomic mass is 15.1. The first-order valence-corrected chi connectivity index (χ1v) is 7.32. The summed E-state index contributed by atoms with van der Waals surface area (Å²) in [6, 6.07) is 15.3. The molecule has 0 fully saturated rings. The van der Waals surface area contributed by atoms with Crippen LogP contribution in [0.4, 0.5) is 0 Å². The van der Waals surface area contributed by atoms with Gasteiger partial charge in [-0.2, -0.15) is 0 Å². The predicted octanol–water partition coefficient (Wildman–Crippen LogP) is 4.71. The third kappa shape index (κ3) is 4.07. The van der Waals surface area contributed by atoms with E-state index in [9.17, 15) is 0 Å². The molecule has 2 aromatic rings. The molecular weight excluding hydrogens is 230 g/mol. The first-order valence-electron chi connectivity index (χ1n) is 7.32. The van der Waals surface area contributed by atoms with Crippen molar-refractivity contribution in [3.8, 4) is 0 Å². The normalized spacial score (nSPS) is 11.6. The Bertz CT molecular complexity index is 511. The van der Waals surface area contributed by atoms with Crippen LogP contribution < -0.4 is 0 Å². The standard InChI is InChI=1S/C18H25N/c1-15(2)8-7-13-19(3)14-17-11-6-10-16-9-4-5-12-18(16)17/h4-6,9-12,15H,7-8,13-14H2,1-3H3. The molecule has 0 bridgehead atoms. The van der Waals surface area contributed by atoms with Gasteiger partial charge in [0.2, 0.25) is 0 Å². The number of rotatable bonds is 6. The zero-order valence-corrected chi connectivity index (χ0v) is 12.4. The van der Waals surface area contributed by atoms with Gasteiger partial charge in [0.25, 0.3) is 0 Å². The monoisotopic (exact) mass is 255 g/mol. The van der Waals surface area contributed by atoms with Crippen LogP contribution in [0.3, 0.4) is 0 Å². The second kappa shape index (κ2) is 6.72. The van der Waals surface area contributed by atoms with Crippen molar-refractivity contribution in [1.82, 2.24) is 4.90 Å². The highest BCUT2D eigenvalue weighted by molar-refractivity contribution is 5.85. The summed E-state index contributed by atoms with van der Waals surface area (Å²) in [4.78, 5) is 2.43. The zero-order chi connectivity index (χ0) is 13.7. The molecule has 19 heavy (non-hydrogen) atoms. The van der Waals surface area contributed by atoms with Crippen LogP contribution in [-0.2, 0) is 6.54 Å². The number of fused-ring (bicyclic) bond motifs is 1. The van der Waals surface area contributed by atoms with Crippen molar-refractivity contribution in [1.29, 1.82) is 0 Å². The molecule has 2 rings (SSSR count). The average Bonchev–Trinajstić information content (AvgIpc) is 2.39. The summed E-state index contributed by atoms with van der Waals surface area (Å²) in [5.41, 5.74) is 1.44. The Morgan fingerprint density at radius 1 is 1.00 bits per heavy atom. The van der Waals surface area contributed by atoms with Crippen LogP contribution in [0.5, 0.6) is 0 Å². The van der Waals surface area contributed by atoms with Crippen LogP contribution in [0.1, 0.15) is 32.3 Å². The third-order valence-electron chi connectivity index (χ3n) is 3.64. The van der Waals surface area contributed by atoms with Crippen LogP contribution in [0.25, 0.3) is 10.8 Å². The van der Waals surface area contributed by atoms with Gasteiger partial charge in [-0.1, -0.05) is 56.3 Å². The van der Waals surface area contributed by atoms with Gasteiger partial charge in [0.1, 0.15) is 0 Å². The molecule has 0 unspecified atom stereocenters. The SMILES string of the molecule is CC(C)CCCN(C)Cc1cccc2ccccc12. The van der Waals surface area contributed by atoms with Gasteiger partial charge < -0.3 is 4.90 Å². The van der Waals surface area contributed by atoms with Gasteiger partial charge in [-0.05, 0) is 48.7 Å². The van der Waals surface area contributed by atoms with Crippen molar-refractivity contribution in [2.45, 2.75) is 33.2 Å². The smallest absolute Gasteiger partial charge is 0.0236 e. The van der Waals surface area contributed by atoms with E-state index >= 15 is 0 Å². The van der Waals surface area contributed by atoms with Gasteiger partial charge in [-0.15, -0.1) is 0 Å². The maximum Gasteiger partial charge on any atom is 0.0236 e. The maximum atomic E-state index is 2.43. The van der Waals surface area contributed by atoms with Gasteiger partial charge in [0, 0.05) is 6.54 Å². The molecular formula is C18H25N. The van der Waals surface area contributed by atoms with E-state index < -0.39 is 0 Å². The fourth-order valence-corrected chi connectivity index (χ4v) is 2.57. The molecule has 2 aromatic carbocycles. The Morgan fingerprint density at radius 3 is 2.53 bits per heavy atom. The molecule has 1 nitrogen and oxygen atoms in total. The van der Waals surface area contributed by atoms with Crippen molar-refractivity contribution in [2.75, 3.05) is 13.6 Å². The molecule has 0 N–H and O–H groups in total. The lowest BCUT2D eigenvalue weighted by molar-refractivity contribution is 0.311. The Kier molecular flexibility index (Phi) is 4.98. The van der Waals surface area contributed by atoms with E-state index in [2.05, 4.69) is 68.3 Å². The van der Waals surface area contributed by atoms with Crippen LogP contribution in [0.2, 0.25) is 0 Å². The molecule has 0 aliphatic rings. The van der Waals surface area contributed by atoms with Crippen molar-refractivity contribution in [3.05, 3.63) is 48.0 Å². The van der Waals surface area contributed by atoms with Crippen LogP contribution >= 0.6 is 0 Å². The molecule has 0 aromatic heterocycles. The van der Waals surface area contributed by atoms with E-state index in [1.165, 1.54) is 35.7 Å². The summed E-state index contributed by atoms with van der Waals surface area (Å²) in [5.74, 6) is 0.811. The number of benzene rings is 2. The molecule has 0 saturated carbocycles. The van der Waals surface area contributed by atoms with Crippen molar-refractivity contribution >= 4 is 10.8 Å². The average molecular weight is 255 g/mol. The minimum absolute atomic E-state index is 0.811. The summed E-state index contributed by atoms with van der Waals surface area (Å²) in [5, 5.41) is 2.73. The summed E-state index contributed by atoms with van der Waals surface area (Å²) in [7, 11) is 2.22. The minimum atomic E-state index is 0.811. The molecule has 0 saturated heterocycles. The summed E-state index contributed by atoms with van der Waals surface area (Å²) in [6.07, 6.45) is 2.61. The fraction of sp³-hybridized carbons (Fsp3) is 0.444. The van der Waals surface area contributed by atoms with E-state index in [0.29, 0.717) is 0 Å². The van der Waals surface area contributed by atoms with E-state index in [0.717, 1.165) is 12.5 Å². The molecule has 1 heteroatoms. The van der Waals surface area contributed by atoms with E-state index in [1.54, 1.807) is 0 Å². The maximum absolute atomic E-state index is 2.43. The lowest BCUT2D eigenvalue weighted by Crippen LogP contribution is -2.19. The second-order valence-electron chi connectivity index (χ2n) is 5.91. The van der Waals surface area contributed by atoms with Crippen LogP contribution in [0, 0.1) is 5.92 Å². The third-order valence-corrected chi connectivity index (χ3v) is 3.64. The second-order valence-corrected chi connectivity index (χ2v) is 5.91. The van der Waals surface area contributed by atoms with Gasteiger partial charge in [-0.3, -0.25) is 0 Å². The largest absolute Gasteiger partial charge is 0.302 e. The number of nitrogens with zero attached hydrogens (tertiary/aromatic N) is 1. The summed E-state index contributed by atoms with van der Waals surface area (Å²) in [6.45, 7) is 6.82. The highest BCUT2D eigenvalue weighted by Gasteiger charge is 2.04. The molecule has 0 spiro atoms. The Balaban J connectivity index is 2.00. The van der Waals surface area contributed by atoms with E-state index in [-0.39, 0.29) is 0 Å². The highest BCUT2D eigenvalue weighted by Crippen LogP contribution is 2.19. The quantitative estimate of drug-likeness (QED) is 0.722. The fourth-order valence-electron chi connectivity index (χ4n) is 2.57. The van der Waals surface area contributed by atoms with Crippen LogP contribution in [0.15, 0.2) is 42.5 Å². The lowest BCUT2D eigenvalue weighted by atomic mass is 10.0. The van der Waals surface area contributed by atoms with Gasteiger partial charge in [0.15, 0.2) is 0 Å². The molecule has 0 radical (unpaired) electrons. The molecule has 0 aliphatic heterocycles. The van der Waals surface area contributed by atoms with E-state index in [4.69, 9.17) is 0 Å². The zero-order valence-electron chi connectivity index (χ0n) is 12.4. The molecule has 0 aliphatic carbocycles. The molecule has 0 heterocycles. The first kappa shape index (κ1) is 14.1. The predicted molar refractivity (Wildman–Crippen MR) is 84.4 cm³/mol. The van der Waals surface area contributed by atoms with Gasteiger partial charge in [-0.25, -0.2) is 0 Å². The van der Waals surface area contributed by atoms with Crippen LogP contribution in [-0.4, -0.2) is 18.5 Å². The van der Waals surface area contributed by atoms with Gasteiger partial charge in [0.05, 0.1) is 0 Å². The summed E-state index contributed by atoms with van der Waals surface area (Å²) >= 11 is 0. The van der Waals surface area contributed by atoms with Crippen molar-refractivity contribution < 1.29 is 0 Å². The van der Waals surface area contributed by atoms with Crippen molar-refractivity contribution in [3.63, 3.8) is 0 Å². The molecule has 0 atom stereocenters. The Hall–Kier alpha value is -1.34. The Labute approximate surface area is 117 Å². The Morgan fingerprint density at radius 2 is 1.74 bits per heavy atom. The van der Waals surface area contributed by atoms with E-state index in [1.807, 2.05) is 0 Å². The first-order chi connectivity index (χ1) is 9.16. The topological polar surface area (TPSA) is 3.24 Å². The lowest BCUT2D eigenvalue weighted by Gasteiger charge is -2.18. The van der Waals surface area contributed by atoms with Crippen molar-refractivity contribution in [2.24, 2.45) is 5.92 Å². The minimum Gasteiger partial charge on any atom is -0.302 e. The van der Waals surface area contributed by atoms with Gasteiger partial charge >= 0.3 is 0 Å². The number of hydrogen-bond acceptors (Lipinski definition) is 1. The molecule has 0 amide bonds.